The van der Waals surface area contributed by atoms with E-state index >= 15 is 0 Å². The van der Waals surface area contributed by atoms with Gasteiger partial charge >= 0.3 is 5.97 Å². The first-order valence-corrected chi connectivity index (χ1v) is 3.77. The monoisotopic (exact) mass is 246 g/mol. The van der Waals surface area contributed by atoms with E-state index in [4.69, 9.17) is 4.74 Å². The minimum Gasteiger partial charge on any atom is -1.00 e. The van der Waals surface area contributed by atoms with Crippen molar-refractivity contribution in [2.75, 3.05) is 6.61 Å². The number of esters is 1. The van der Waals surface area contributed by atoms with E-state index in [2.05, 4.69) is 4.98 Å². The Bertz CT molecular complexity index is 254. The molecular weight excluding hydrogens is 236 g/mol. The van der Waals surface area contributed by atoms with Crippen molar-refractivity contribution in [2.45, 2.75) is 13.5 Å². The maximum Gasteiger partial charge on any atom is 0.372 e. The molecule has 0 aromatic carbocycles. The van der Waals surface area contributed by atoms with E-state index in [1.807, 2.05) is 0 Å². The summed E-state index contributed by atoms with van der Waals surface area (Å²) in [4.78, 5) is 14.8. The molecule has 0 bridgehead atoms. The Hall–Kier alpha value is -0.970. The summed E-state index contributed by atoms with van der Waals surface area (Å²) >= 11 is 0. The Kier molecular flexibility index (Phi) is 6.05. The smallest absolute Gasteiger partial charge is 0.372 e. The summed E-state index contributed by atoms with van der Waals surface area (Å²) in [5, 5.41) is 0. The van der Waals surface area contributed by atoms with Gasteiger partial charge in [-0.2, -0.15) is 4.57 Å². The van der Waals surface area contributed by atoms with Crippen LogP contribution in [0.3, 0.4) is 0 Å². The second-order valence-electron chi connectivity index (χ2n) is 2.22. The third-order valence-corrected chi connectivity index (χ3v) is 1.31. The summed E-state index contributed by atoms with van der Waals surface area (Å²) in [5.41, 5.74) is 0. The molecule has 1 aromatic heterocycles. The molecule has 0 N–H and O–H groups in total. The summed E-state index contributed by atoms with van der Waals surface area (Å²) in [5.74, 6) is -0.228. The van der Waals surface area contributed by atoms with Crippen molar-refractivity contribution < 1.29 is 31.1 Å². The van der Waals surface area contributed by atoms with Crippen LogP contribution < -0.4 is 21.5 Å². The molecule has 0 amide bonds. The lowest BCUT2D eigenvalue weighted by Gasteiger charge is -1.96. The molecule has 0 saturated heterocycles. The molecule has 0 saturated carbocycles. The number of ether oxygens (including phenoxy) is 1. The van der Waals surface area contributed by atoms with E-state index in [9.17, 15) is 4.79 Å². The average molecular weight is 247 g/mol. The maximum absolute atomic E-state index is 10.9. The van der Waals surface area contributed by atoms with Gasteiger partial charge in [-0.15, -0.1) is 0 Å². The zero-order valence-corrected chi connectivity index (χ0v) is 8.90. The average Bonchev–Trinajstić information content (AvgIpc) is 2.06. The Labute approximate surface area is 87.3 Å². The van der Waals surface area contributed by atoms with E-state index < -0.39 is 0 Å². The fourth-order valence-electron chi connectivity index (χ4n) is 0.809. The number of aromatic nitrogens is 2. The predicted molar refractivity (Wildman–Crippen MR) is 41.1 cm³/mol. The molecule has 72 valence electrons. The van der Waals surface area contributed by atoms with E-state index in [0.717, 1.165) is 0 Å². The third kappa shape index (κ3) is 4.57. The zero-order valence-electron chi connectivity index (χ0n) is 7.31. The minimum atomic E-state index is -0.228. The van der Waals surface area contributed by atoms with Gasteiger partial charge in [-0.25, -0.2) is 4.79 Å². The molecule has 0 aliphatic carbocycles. The molecule has 0 atom stereocenters. The van der Waals surface area contributed by atoms with Crippen LogP contribution >= 0.6 is 0 Å². The highest BCUT2D eigenvalue weighted by Gasteiger charge is 2.07. The van der Waals surface area contributed by atoms with Crippen molar-refractivity contribution in [3.8, 4) is 0 Å². The molecule has 4 nitrogen and oxygen atoms in total. The lowest BCUT2D eigenvalue weighted by Crippen LogP contribution is -3.00. The van der Waals surface area contributed by atoms with E-state index in [1.54, 1.807) is 36.3 Å². The molecule has 13 heavy (non-hydrogen) atoms. The van der Waals surface area contributed by atoms with Gasteiger partial charge in [0.05, 0.1) is 19.0 Å². The van der Waals surface area contributed by atoms with Crippen LogP contribution in [-0.2, 0) is 16.1 Å². The van der Waals surface area contributed by atoms with Crippen LogP contribution in [0, 0.1) is 0 Å². The molecule has 1 heterocycles. The SMILES string of the molecule is CCOC(=O)C[n+]1ccncc1.[Br-]. The van der Waals surface area contributed by atoms with Crippen LogP contribution in [-0.4, -0.2) is 17.6 Å². The standard InChI is InChI=1S/C8H11N2O2.BrH/c1-2-12-8(11)7-10-5-3-9-4-6-10;/h3-6H,2,7H2,1H3;1H/q+1;/p-1. The second kappa shape index (κ2) is 6.54. The number of nitrogens with zero attached hydrogens (tertiary/aromatic N) is 2. The van der Waals surface area contributed by atoms with Gasteiger partial charge in [-0.1, -0.05) is 0 Å². The van der Waals surface area contributed by atoms with Gasteiger partial charge in [0.2, 0.25) is 6.54 Å². The lowest BCUT2D eigenvalue weighted by molar-refractivity contribution is -0.686. The number of rotatable bonds is 3. The summed E-state index contributed by atoms with van der Waals surface area (Å²) in [6.07, 6.45) is 6.69. The highest BCUT2D eigenvalue weighted by atomic mass is 79.9. The third-order valence-electron chi connectivity index (χ3n) is 1.31. The van der Waals surface area contributed by atoms with Gasteiger partial charge < -0.3 is 21.7 Å². The number of carbonyl (C=O) groups is 1. The van der Waals surface area contributed by atoms with Gasteiger partial charge in [-0.3, -0.25) is 4.98 Å². The van der Waals surface area contributed by atoms with Crippen LogP contribution in [0.5, 0.6) is 0 Å². The van der Waals surface area contributed by atoms with E-state index in [0.29, 0.717) is 6.61 Å². The first kappa shape index (κ1) is 12.0. The Morgan fingerprint density at radius 2 is 2.08 bits per heavy atom. The van der Waals surface area contributed by atoms with Crippen molar-refractivity contribution in [3.05, 3.63) is 24.8 Å². The molecule has 0 aliphatic heterocycles. The molecule has 0 radical (unpaired) electrons. The number of carbonyl (C=O) groups excluding carboxylic acids is 1. The fourth-order valence-corrected chi connectivity index (χ4v) is 0.809. The molecule has 0 spiro atoms. The summed E-state index contributed by atoms with van der Waals surface area (Å²) in [6.45, 7) is 2.45. The minimum absolute atomic E-state index is 0. The molecule has 0 fully saturated rings. The summed E-state index contributed by atoms with van der Waals surface area (Å²) < 4.78 is 6.48. The van der Waals surface area contributed by atoms with Crippen molar-refractivity contribution in [1.29, 1.82) is 0 Å². The molecule has 0 aliphatic rings. The first-order valence-electron chi connectivity index (χ1n) is 3.77. The van der Waals surface area contributed by atoms with Gasteiger partial charge in [0.1, 0.15) is 0 Å². The van der Waals surface area contributed by atoms with Crippen LogP contribution in [0.15, 0.2) is 24.8 Å². The quantitative estimate of drug-likeness (QED) is 0.420. The first-order chi connectivity index (χ1) is 5.83. The van der Waals surface area contributed by atoms with Crippen LogP contribution in [0.4, 0.5) is 0 Å². The molecular formula is C8H11BrN2O2. The highest BCUT2D eigenvalue weighted by Crippen LogP contribution is 1.78. The summed E-state index contributed by atoms with van der Waals surface area (Å²) in [7, 11) is 0. The second-order valence-corrected chi connectivity index (χ2v) is 2.22. The van der Waals surface area contributed by atoms with Crippen LogP contribution in [0.2, 0.25) is 0 Å². The van der Waals surface area contributed by atoms with Gasteiger partial charge in [0, 0.05) is 0 Å². The van der Waals surface area contributed by atoms with Crippen molar-refractivity contribution in [2.24, 2.45) is 0 Å². The molecule has 1 aromatic rings. The Morgan fingerprint density at radius 1 is 1.46 bits per heavy atom. The molecule has 5 heteroatoms. The zero-order chi connectivity index (χ0) is 8.81. The fraction of sp³-hybridized carbons (Fsp3) is 0.375. The molecule has 0 unspecified atom stereocenters. The van der Waals surface area contributed by atoms with E-state index in [-0.39, 0.29) is 29.5 Å². The van der Waals surface area contributed by atoms with Gasteiger partial charge in [0.15, 0.2) is 12.4 Å². The van der Waals surface area contributed by atoms with Gasteiger partial charge in [0.25, 0.3) is 0 Å². The van der Waals surface area contributed by atoms with E-state index in [1.165, 1.54) is 0 Å². The Morgan fingerprint density at radius 3 is 2.62 bits per heavy atom. The van der Waals surface area contributed by atoms with Crippen molar-refractivity contribution >= 4 is 5.97 Å². The normalized spacial score (nSPS) is 8.69. The lowest BCUT2D eigenvalue weighted by atomic mass is 10.6. The van der Waals surface area contributed by atoms with Crippen LogP contribution in [0.1, 0.15) is 6.92 Å². The topological polar surface area (TPSA) is 43.1 Å². The van der Waals surface area contributed by atoms with Gasteiger partial charge in [-0.05, 0) is 6.92 Å². The van der Waals surface area contributed by atoms with Crippen LogP contribution in [0.25, 0.3) is 0 Å². The highest BCUT2D eigenvalue weighted by molar-refractivity contribution is 5.67. The number of halogens is 1. The largest absolute Gasteiger partial charge is 1.00 e. The number of hydrogen-bond acceptors (Lipinski definition) is 3. The van der Waals surface area contributed by atoms with Crippen molar-refractivity contribution in [1.82, 2.24) is 4.98 Å². The maximum atomic E-state index is 10.9. The summed E-state index contributed by atoms with van der Waals surface area (Å²) in [6, 6.07) is 0. The Balaban J connectivity index is 0.00000144. The molecule has 1 rings (SSSR count). The van der Waals surface area contributed by atoms with Crippen molar-refractivity contribution in [3.63, 3.8) is 0 Å². The predicted octanol–water partition coefficient (Wildman–Crippen LogP) is -3.06. The number of hydrogen-bond donors (Lipinski definition) is 0.